The quantitative estimate of drug-likeness (QED) is 0.762. The Kier molecular flexibility index (Phi) is 4.87. The van der Waals surface area contributed by atoms with Gasteiger partial charge in [0, 0.05) is 24.7 Å². The standard InChI is InChI=1S/C21H22N4O2/c1-15-4-6-17(7-5-15)22-21(26)16-10-12-25(13-11-16)20-9-8-18(23-24-20)19-3-2-14-27-19/h2-9,14,16H,10-13H2,1H3,(H,22,26). The van der Waals surface area contributed by atoms with E-state index in [2.05, 4.69) is 20.4 Å². The van der Waals surface area contributed by atoms with Crippen molar-refractivity contribution >= 4 is 17.4 Å². The van der Waals surface area contributed by atoms with Crippen molar-refractivity contribution in [1.29, 1.82) is 0 Å². The molecule has 1 aromatic carbocycles. The molecule has 0 unspecified atom stereocenters. The molecule has 1 aliphatic rings. The maximum atomic E-state index is 12.5. The third kappa shape index (κ3) is 4.00. The van der Waals surface area contributed by atoms with Crippen molar-refractivity contribution in [1.82, 2.24) is 10.2 Å². The highest BCUT2D eigenvalue weighted by Crippen LogP contribution is 2.24. The van der Waals surface area contributed by atoms with Crippen LogP contribution in [0.25, 0.3) is 11.5 Å². The van der Waals surface area contributed by atoms with Crippen LogP contribution in [0.4, 0.5) is 11.5 Å². The van der Waals surface area contributed by atoms with E-state index in [-0.39, 0.29) is 11.8 Å². The highest BCUT2D eigenvalue weighted by atomic mass is 16.3. The van der Waals surface area contributed by atoms with Gasteiger partial charge in [0.15, 0.2) is 11.6 Å². The summed E-state index contributed by atoms with van der Waals surface area (Å²) in [5.74, 6) is 1.67. The third-order valence-corrected chi connectivity index (χ3v) is 4.93. The number of aryl methyl sites for hydroxylation is 1. The molecule has 0 saturated carbocycles. The Hall–Kier alpha value is -3.15. The number of nitrogens with zero attached hydrogens (tertiary/aromatic N) is 3. The van der Waals surface area contributed by atoms with E-state index in [1.54, 1.807) is 6.26 Å². The molecule has 4 rings (SSSR count). The average Bonchev–Trinajstić information content (AvgIpc) is 3.25. The lowest BCUT2D eigenvalue weighted by molar-refractivity contribution is -0.120. The Morgan fingerprint density at radius 1 is 1.07 bits per heavy atom. The van der Waals surface area contributed by atoms with Gasteiger partial charge in [0.2, 0.25) is 5.91 Å². The molecule has 0 bridgehead atoms. The first-order chi connectivity index (χ1) is 13.2. The average molecular weight is 362 g/mol. The van der Waals surface area contributed by atoms with E-state index in [0.29, 0.717) is 5.76 Å². The predicted octanol–water partition coefficient (Wildman–Crippen LogP) is 3.90. The Labute approximate surface area is 158 Å². The summed E-state index contributed by atoms with van der Waals surface area (Å²) in [6.45, 7) is 3.62. The van der Waals surface area contributed by atoms with Gasteiger partial charge in [-0.3, -0.25) is 4.79 Å². The number of anilines is 2. The Bertz CT molecular complexity index is 881. The number of carbonyl (C=O) groups is 1. The number of carbonyl (C=O) groups excluding carboxylic acids is 1. The molecule has 0 aliphatic carbocycles. The summed E-state index contributed by atoms with van der Waals surface area (Å²) in [4.78, 5) is 14.7. The molecule has 1 N–H and O–H groups in total. The summed E-state index contributed by atoms with van der Waals surface area (Å²) in [6, 6.07) is 15.5. The van der Waals surface area contributed by atoms with Gasteiger partial charge in [0.25, 0.3) is 0 Å². The zero-order valence-electron chi connectivity index (χ0n) is 15.3. The lowest BCUT2D eigenvalue weighted by Gasteiger charge is -2.31. The van der Waals surface area contributed by atoms with Crippen LogP contribution in [0.1, 0.15) is 18.4 Å². The van der Waals surface area contributed by atoms with Crippen molar-refractivity contribution in [3.63, 3.8) is 0 Å². The molecule has 138 valence electrons. The van der Waals surface area contributed by atoms with Gasteiger partial charge in [0.05, 0.1) is 6.26 Å². The van der Waals surface area contributed by atoms with Crippen molar-refractivity contribution in [2.24, 2.45) is 5.92 Å². The molecular weight excluding hydrogens is 340 g/mol. The second-order valence-corrected chi connectivity index (χ2v) is 6.87. The Balaban J connectivity index is 1.33. The van der Waals surface area contributed by atoms with Crippen LogP contribution >= 0.6 is 0 Å². The summed E-state index contributed by atoms with van der Waals surface area (Å²) in [6.07, 6.45) is 3.23. The van der Waals surface area contributed by atoms with E-state index >= 15 is 0 Å². The Morgan fingerprint density at radius 3 is 2.48 bits per heavy atom. The van der Waals surface area contributed by atoms with Gasteiger partial charge in [-0.25, -0.2) is 0 Å². The van der Waals surface area contributed by atoms with Crippen LogP contribution in [0.2, 0.25) is 0 Å². The van der Waals surface area contributed by atoms with Crippen LogP contribution in [0.5, 0.6) is 0 Å². The van der Waals surface area contributed by atoms with Crippen LogP contribution in [-0.2, 0) is 4.79 Å². The van der Waals surface area contributed by atoms with Crippen LogP contribution in [-0.4, -0.2) is 29.2 Å². The number of hydrogen-bond acceptors (Lipinski definition) is 5. The van der Waals surface area contributed by atoms with E-state index < -0.39 is 0 Å². The maximum Gasteiger partial charge on any atom is 0.227 e. The van der Waals surface area contributed by atoms with Crippen molar-refractivity contribution in [2.45, 2.75) is 19.8 Å². The lowest BCUT2D eigenvalue weighted by Crippen LogP contribution is -2.38. The zero-order chi connectivity index (χ0) is 18.6. The third-order valence-electron chi connectivity index (χ3n) is 4.93. The SMILES string of the molecule is Cc1ccc(NC(=O)C2CCN(c3ccc(-c4ccco4)nn3)CC2)cc1. The topological polar surface area (TPSA) is 71.3 Å². The van der Waals surface area contributed by atoms with Crippen molar-refractivity contribution in [2.75, 3.05) is 23.3 Å². The van der Waals surface area contributed by atoms with Gasteiger partial charge in [0.1, 0.15) is 5.69 Å². The number of furan rings is 1. The summed E-state index contributed by atoms with van der Waals surface area (Å²) < 4.78 is 5.34. The van der Waals surface area contributed by atoms with Gasteiger partial charge in [-0.15, -0.1) is 10.2 Å². The fraction of sp³-hybridized carbons (Fsp3) is 0.286. The van der Waals surface area contributed by atoms with Gasteiger partial charge in [-0.2, -0.15) is 0 Å². The molecule has 1 aliphatic heterocycles. The van der Waals surface area contributed by atoms with Gasteiger partial charge in [-0.05, 0) is 56.2 Å². The van der Waals surface area contributed by atoms with E-state index in [1.807, 2.05) is 55.5 Å². The predicted molar refractivity (Wildman–Crippen MR) is 104 cm³/mol. The molecule has 1 fully saturated rings. The van der Waals surface area contributed by atoms with Crippen LogP contribution < -0.4 is 10.2 Å². The highest BCUT2D eigenvalue weighted by molar-refractivity contribution is 5.92. The number of piperidine rings is 1. The van der Waals surface area contributed by atoms with Crippen LogP contribution in [0.3, 0.4) is 0 Å². The summed E-state index contributed by atoms with van der Waals surface area (Å²) in [7, 11) is 0. The molecule has 3 heterocycles. The molecule has 0 spiro atoms. The largest absolute Gasteiger partial charge is 0.463 e. The molecule has 6 nitrogen and oxygen atoms in total. The van der Waals surface area contributed by atoms with Crippen molar-refractivity contribution in [3.8, 4) is 11.5 Å². The minimum Gasteiger partial charge on any atom is -0.463 e. The van der Waals surface area contributed by atoms with Gasteiger partial charge >= 0.3 is 0 Å². The summed E-state index contributed by atoms with van der Waals surface area (Å²) in [5.41, 5.74) is 2.75. The first-order valence-corrected chi connectivity index (χ1v) is 9.19. The summed E-state index contributed by atoms with van der Waals surface area (Å²) >= 11 is 0. The van der Waals surface area contributed by atoms with E-state index in [1.165, 1.54) is 5.56 Å². The van der Waals surface area contributed by atoms with Crippen LogP contribution in [0, 0.1) is 12.8 Å². The normalized spacial score (nSPS) is 14.9. The van der Waals surface area contributed by atoms with Gasteiger partial charge in [-0.1, -0.05) is 17.7 Å². The maximum absolute atomic E-state index is 12.5. The molecule has 2 aromatic heterocycles. The molecule has 1 amide bonds. The van der Waals surface area contributed by atoms with E-state index in [0.717, 1.165) is 43.1 Å². The smallest absolute Gasteiger partial charge is 0.227 e. The molecule has 6 heteroatoms. The fourth-order valence-electron chi connectivity index (χ4n) is 3.30. The summed E-state index contributed by atoms with van der Waals surface area (Å²) in [5, 5.41) is 11.6. The lowest BCUT2D eigenvalue weighted by atomic mass is 9.95. The fourth-order valence-corrected chi connectivity index (χ4v) is 3.30. The molecule has 1 saturated heterocycles. The second-order valence-electron chi connectivity index (χ2n) is 6.87. The molecule has 3 aromatic rings. The zero-order valence-corrected chi connectivity index (χ0v) is 15.3. The van der Waals surface area contributed by atoms with E-state index in [9.17, 15) is 4.79 Å². The number of rotatable bonds is 4. The minimum atomic E-state index is 0.0258. The molecule has 0 radical (unpaired) electrons. The molecule has 27 heavy (non-hydrogen) atoms. The minimum absolute atomic E-state index is 0.0258. The number of nitrogens with one attached hydrogen (secondary N) is 1. The van der Waals surface area contributed by atoms with E-state index in [4.69, 9.17) is 4.42 Å². The monoisotopic (exact) mass is 362 g/mol. The molecular formula is C21H22N4O2. The van der Waals surface area contributed by atoms with Crippen molar-refractivity contribution in [3.05, 3.63) is 60.4 Å². The first kappa shape index (κ1) is 17.3. The van der Waals surface area contributed by atoms with Crippen molar-refractivity contribution < 1.29 is 9.21 Å². The molecule has 0 atom stereocenters. The van der Waals surface area contributed by atoms with Crippen LogP contribution in [0.15, 0.2) is 59.2 Å². The Morgan fingerprint density at radius 2 is 1.85 bits per heavy atom. The number of aromatic nitrogens is 2. The number of hydrogen-bond donors (Lipinski definition) is 1. The van der Waals surface area contributed by atoms with Gasteiger partial charge < -0.3 is 14.6 Å². The highest BCUT2D eigenvalue weighted by Gasteiger charge is 2.26. The first-order valence-electron chi connectivity index (χ1n) is 9.19. The number of benzene rings is 1. The number of amides is 1. The second kappa shape index (κ2) is 7.61.